The maximum atomic E-state index is 12.4. The second-order valence-electron chi connectivity index (χ2n) is 10.8. The summed E-state index contributed by atoms with van der Waals surface area (Å²) >= 11 is 3.00. The van der Waals surface area contributed by atoms with E-state index in [0.29, 0.717) is 25.3 Å². The predicted octanol–water partition coefficient (Wildman–Crippen LogP) is 3.12. The van der Waals surface area contributed by atoms with Gasteiger partial charge in [0.15, 0.2) is 0 Å². The molecule has 0 spiro atoms. The highest BCUT2D eigenvalue weighted by molar-refractivity contribution is 8.00. The maximum absolute atomic E-state index is 12.4. The number of hydrogen-bond donors (Lipinski definition) is 4. The third kappa shape index (κ3) is 18.1. The van der Waals surface area contributed by atoms with Crippen LogP contribution in [0.1, 0.15) is 97.3 Å². The van der Waals surface area contributed by atoms with Crippen molar-refractivity contribution in [3.05, 3.63) is 0 Å². The van der Waals surface area contributed by atoms with E-state index in [2.05, 4.69) is 35.1 Å². The molecule has 0 aromatic rings. The van der Waals surface area contributed by atoms with Crippen LogP contribution < -0.4 is 21.3 Å². The Morgan fingerprint density at radius 3 is 2.22 bits per heavy atom. The number of carbonyl (C=O) groups is 6. The molecule has 0 radical (unpaired) electrons. The van der Waals surface area contributed by atoms with E-state index in [1.165, 1.54) is 23.5 Å². The van der Waals surface area contributed by atoms with Crippen LogP contribution in [0.2, 0.25) is 0 Å². The lowest BCUT2D eigenvalue weighted by atomic mass is 9.98. The number of amides is 5. The van der Waals surface area contributed by atoms with Crippen LogP contribution in [0.4, 0.5) is 0 Å². The molecule has 3 atom stereocenters. The maximum Gasteiger partial charge on any atom is 0.240 e. The second-order valence-corrected chi connectivity index (χ2v) is 13.4. The molecular formula is C29H50N4O6S2. The molecule has 0 aromatic carbocycles. The molecule has 1 aliphatic rings. The first-order valence-corrected chi connectivity index (χ1v) is 17.0. The van der Waals surface area contributed by atoms with Crippen LogP contribution in [0.15, 0.2) is 0 Å². The van der Waals surface area contributed by atoms with Gasteiger partial charge >= 0.3 is 0 Å². The molecule has 10 nitrogen and oxygen atoms in total. The molecular weight excluding hydrogens is 564 g/mol. The monoisotopic (exact) mass is 614 g/mol. The number of unbranched alkanes of at least 4 members (excludes halogenated alkanes) is 5. The molecule has 3 unspecified atom stereocenters. The Morgan fingerprint density at radius 1 is 0.927 bits per heavy atom. The van der Waals surface area contributed by atoms with Crippen LogP contribution >= 0.6 is 23.5 Å². The molecule has 12 heteroatoms. The van der Waals surface area contributed by atoms with Gasteiger partial charge in [-0.1, -0.05) is 26.7 Å². The fourth-order valence-corrected chi connectivity index (χ4v) is 6.50. The lowest BCUT2D eigenvalue weighted by Gasteiger charge is -2.22. The van der Waals surface area contributed by atoms with Crippen LogP contribution in [0.25, 0.3) is 0 Å². The van der Waals surface area contributed by atoms with Gasteiger partial charge < -0.3 is 20.7 Å². The van der Waals surface area contributed by atoms with E-state index in [1.54, 1.807) is 7.05 Å². The molecule has 234 valence electrons. The summed E-state index contributed by atoms with van der Waals surface area (Å²) in [5.74, 6) is 1.52. The Bertz CT molecular complexity index is 842. The largest absolute Gasteiger partial charge is 0.359 e. The second kappa shape index (κ2) is 22.5. The van der Waals surface area contributed by atoms with Crippen molar-refractivity contribution in [2.75, 3.05) is 25.1 Å². The summed E-state index contributed by atoms with van der Waals surface area (Å²) < 4.78 is 0. The Morgan fingerprint density at radius 2 is 1.61 bits per heavy atom. The van der Waals surface area contributed by atoms with E-state index in [1.807, 2.05) is 0 Å². The van der Waals surface area contributed by atoms with Crippen LogP contribution in [0.5, 0.6) is 0 Å². The van der Waals surface area contributed by atoms with Gasteiger partial charge in [0.2, 0.25) is 29.5 Å². The molecule has 4 N–H and O–H groups in total. The molecule has 1 fully saturated rings. The van der Waals surface area contributed by atoms with Crippen molar-refractivity contribution in [3.8, 4) is 0 Å². The van der Waals surface area contributed by atoms with E-state index in [4.69, 9.17) is 0 Å². The highest BCUT2D eigenvalue weighted by Gasteiger charge is 2.30. The highest BCUT2D eigenvalue weighted by Crippen LogP contribution is 2.21. The zero-order valence-electron chi connectivity index (χ0n) is 25.0. The van der Waals surface area contributed by atoms with Crippen LogP contribution in [0.3, 0.4) is 0 Å². The van der Waals surface area contributed by atoms with Gasteiger partial charge in [-0.25, -0.2) is 0 Å². The van der Waals surface area contributed by atoms with Gasteiger partial charge in [-0.3, -0.25) is 29.3 Å². The number of hydrogen-bond acceptors (Lipinski definition) is 8. The van der Waals surface area contributed by atoms with Gasteiger partial charge in [-0.15, -0.1) is 11.8 Å². The summed E-state index contributed by atoms with van der Waals surface area (Å²) in [7, 11) is 1.56. The molecule has 1 rings (SSSR count). The number of rotatable bonds is 24. The highest BCUT2D eigenvalue weighted by atomic mass is 32.2. The van der Waals surface area contributed by atoms with Crippen molar-refractivity contribution in [1.29, 1.82) is 0 Å². The van der Waals surface area contributed by atoms with Gasteiger partial charge in [0.25, 0.3) is 0 Å². The van der Waals surface area contributed by atoms with E-state index in [9.17, 15) is 28.8 Å². The van der Waals surface area contributed by atoms with Crippen molar-refractivity contribution in [2.24, 2.45) is 5.92 Å². The Kier molecular flexibility index (Phi) is 20.3. The number of imide groups is 1. The van der Waals surface area contributed by atoms with Gasteiger partial charge in [-0.2, -0.15) is 11.8 Å². The lowest BCUT2D eigenvalue weighted by Crippen LogP contribution is -2.38. The molecule has 5 amide bonds. The average molecular weight is 615 g/mol. The van der Waals surface area contributed by atoms with Crippen molar-refractivity contribution < 1.29 is 28.8 Å². The fraction of sp³-hybridized carbons (Fsp3) is 0.793. The quantitative estimate of drug-likeness (QED) is 0.0736. The van der Waals surface area contributed by atoms with Gasteiger partial charge in [0.05, 0.1) is 10.5 Å². The van der Waals surface area contributed by atoms with Crippen molar-refractivity contribution in [3.63, 3.8) is 0 Å². The molecule has 0 bridgehead atoms. The Hall–Kier alpha value is -2.08. The summed E-state index contributed by atoms with van der Waals surface area (Å²) in [6, 6.07) is 0.109. The van der Waals surface area contributed by atoms with Crippen molar-refractivity contribution in [2.45, 2.75) is 114 Å². The molecule has 0 aromatic heterocycles. The molecule has 1 saturated heterocycles. The average Bonchev–Trinajstić information content (AvgIpc) is 3.26. The molecule has 0 saturated carbocycles. The summed E-state index contributed by atoms with van der Waals surface area (Å²) in [6.45, 7) is 4.84. The van der Waals surface area contributed by atoms with Crippen LogP contribution in [-0.4, -0.2) is 77.5 Å². The van der Waals surface area contributed by atoms with Crippen molar-refractivity contribution >= 4 is 59.3 Å². The molecule has 1 heterocycles. The van der Waals surface area contributed by atoms with Crippen molar-refractivity contribution in [1.82, 2.24) is 21.3 Å². The minimum atomic E-state index is -0.317. The van der Waals surface area contributed by atoms with E-state index < -0.39 is 0 Å². The lowest BCUT2D eigenvalue weighted by molar-refractivity contribution is -0.125. The zero-order valence-corrected chi connectivity index (χ0v) is 26.6. The SMILES string of the molecule is CNC(=O)CC(C=O)SCCCCCC(=O)NC(CCCCNC(=O)CCCCCSC1CC(=O)NC1=O)C(C)C. The van der Waals surface area contributed by atoms with Gasteiger partial charge in [0, 0.05) is 45.3 Å². The standard InChI is InChI=1S/C29H50N4O6S2/c1-21(2)23(32-26(36)14-7-5-10-16-40-22(20-34)18-27(37)30-3)12-8-9-15-31-25(35)13-6-4-11-17-41-24-19-28(38)33-29(24)39/h20-24H,4-19H2,1-3H3,(H,30,37)(H,31,35)(H,32,36)(H,33,38,39). The number of carbonyl (C=O) groups excluding carboxylic acids is 6. The Labute approximate surface area is 253 Å². The molecule has 0 aliphatic carbocycles. The summed E-state index contributed by atoms with van der Waals surface area (Å²) in [4.78, 5) is 69.7. The summed E-state index contributed by atoms with van der Waals surface area (Å²) in [5.41, 5.74) is 0. The molecule has 41 heavy (non-hydrogen) atoms. The van der Waals surface area contributed by atoms with E-state index in [0.717, 1.165) is 75.6 Å². The van der Waals surface area contributed by atoms with Gasteiger partial charge in [-0.05, 0) is 62.4 Å². The Balaban J connectivity index is 2.05. The van der Waals surface area contributed by atoms with Crippen LogP contribution in [0, 0.1) is 5.92 Å². The topological polar surface area (TPSA) is 151 Å². The summed E-state index contributed by atoms with van der Waals surface area (Å²) in [5, 5.41) is 10.4. The summed E-state index contributed by atoms with van der Waals surface area (Å²) in [6.07, 6.45) is 10.1. The third-order valence-corrected chi connectivity index (χ3v) is 9.44. The normalized spacial score (nSPS) is 16.2. The minimum Gasteiger partial charge on any atom is -0.359 e. The third-order valence-electron chi connectivity index (χ3n) is 6.91. The van der Waals surface area contributed by atoms with E-state index >= 15 is 0 Å². The number of aldehydes is 1. The van der Waals surface area contributed by atoms with E-state index in [-0.39, 0.29) is 58.9 Å². The first-order chi connectivity index (χ1) is 19.7. The predicted molar refractivity (Wildman–Crippen MR) is 166 cm³/mol. The first-order valence-electron chi connectivity index (χ1n) is 14.9. The van der Waals surface area contributed by atoms with Crippen LogP contribution in [-0.2, 0) is 28.8 Å². The number of thioether (sulfide) groups is 2. The smallest absolute Gasteiger partial charge is 0.240 e. The fourth-order valence-electron chi connectivity index (χ4n) is 4.34. The van der Waals surface area contributed by atoms with Gasteiger partial charge in [0.1, 0.15) is 6.29 Å². The number of nitrogens with one attached hydrogen (secondary N) is 4. The first kappa shape index (κ1) is 36.9. The molecule has 1 aliphatic heterocycles. The minimum absolute atomic E-state index is 0.0543. The zero-order chi connectivity index (χ0) is 30.5.